The number of nitrogens with zero attached hydrogens (tertiary/aromatic N) is 2. The summed E-state index contributed by atoms with van der Waals surface area (Å²) >= 11 is 1.74. The van der Waals surface area contributed by atoms with Crippen LogP contribution in [0.25, 0.3) is 0 Å². The number of hydrogen-bond acceptors (Lipinski definition) is 4. The number of aliphatic imine (C=N–C) groups is 1. The number of amides is 1. The molecule has 6 nitrogen and oxygen atoms in total. The Balaban J connectivity index is 1.93. The molecule has 0 aliphatic heterocycles. The number of nitrogens with one attached hydrogen (secondary N) is 2. The highest BCUT2D eigenvalue weighted by atomic mass is 32.1. The molecule has 2 aromatic rings. The number of primary amides is 1. The van der Waals surface area contributed by atoms with Gasteiger partial charge in [0.05, 0.1) is 17.2 Å². The summed E-state index contributed by atoms with van der Waals surface area (Å²) in [4.78, 5) is 21.6. The maximum Gasteiger partial charge on any atom is 0.248 e. The summed E-state index contributed by atoms with van der Waals surface area (Å²) in [6.07, 6.45) is 0.862. The molecule has 4 N–H and O–H groups in total. The molecule has 25 heavy (non-hydrogen) atoms. The van der Waals surface area contributed by atoms with E-state index in [1.807, 2.05) is 26.0 Å². The number of thiazole rings is 1. The molecule has 134 valence electrons. The molecule has 0 atom stereocenters. The molecule has 1 aromatic heterocycles. The molecule has 2 rings (SSSR count). The molecule has 1 aromatic carbocycles. The maximum atomic E-state index is 11.3. The number of carbonyl (C=O) groups is 1. The SMILES string of the molecule is CCNC(=NCc1cccc(C(N)=O)c1)NCCc1nc(C)c(C)s1. The fraction of sp³-hybridized carbons (Fsp3) is 0.389. The lowest BCUT2D eigenvalue weighted by Crippen LogP contribution is -2.38. The van der Waals surface area contributed by atoms with E-state index in [2.05, 4.69) is 27.5 Å². The van der Waals surface area contributed by atoms with Gasteiger partial charge in [0.15, 0.2) is 5.96 Å². The lowest BCUT2D eigenvalue weighted by atomic mass is 10.1. The molecule has 0 spiro atoms. The number of carbonyl (C=O) groups excluding carboxylic acids is 1. The van der Waals surface area contributed by atoms with Crippen LogP contribution < -0.4 is 16.4 Å². The molecule has 0 unspecified atom stereocenters. The van der Waals surface area contributed by atoms with E-state index in [1.165, 1.54) is 4.88 Å². The van der Waals surface area contributed by atoms with E-state index in [1.54, 1.807) is 23.5 Å². The van der Waals surface area contributed by atoms with Gasteiger partial charge in [0, 0.05) is 30.0 Å². The van der Waals surface area contributed by atoms with Crippen LogP contribution in [0.4, 0.5) is 0 Å². The fourth-order valence-corrected chi connectivity index (χ4v) is 3.20. The van der Waals surface area contributed by atoms with E-state index in [9.17, 15) is 4.79 Å². The number of hydrogen-bond donors (Lipinski definition) is 3. The molecule has 0 fully saturated rings. The van der Waals surface area contributed by atoms with Crippen LogP contribution in [-0.2, 0) is 13.0 Å². The second-order valence-corrected chi connectivity index (χ2v) is 6.97. The molecule has 7 heteroatoms. The van der Waals surface area contributed by atoms with Crippen molar-refractivity contribution in [1.82, 2.24) is 15.6 Å². The molecule has 0 saturated carbocycles. The van der Waals surface area contributed by atoms with E-state index in [0.29, 0.717) is 12.1 Å². The van der Waals surface area contributed by atoms with Crippen LogP contribution in [0.15, 0.2) is 29.3 Å². The molecule has 1 amide bonds. The van der Waals surface area contributed by atoms with Gasteiger partial charge in [-0.1, -0.05) is 12.1 Å². The topological polar surface area (TPSA) is 92.4 Å². The average Bonchev–Trinajstić information content (AvgIpc) is 2.91. The van der Waals surface area contributed by atoms with Gasteiger partial charge >= 0.3 is 0 Å². The first-order chi connectivity index (χ1) is 12.0. The van der Waals surface area contributed by atoms with E-state index in [0.717, 1.165) is 41.7 Å². The number of rotatable bonds is 7. The number of guanidine groups is 1. The number of nitrogens with two attached hydrogens (primary N) is 1. The van der Waals surface area contributed by atoms with Crippen LogP contribution in [0.5, 0.6) is 0 Å². The zero-order chi connectivity index (χ0) is 18.2. The predicted octanol–water partition coefficient (Wildman–Crippen LogP) is 2.16. The lowest BCUT2D eigenvalue weighted by molar-refractivity contribution is 0.1000. The van der Waals surface area contributed by atoms with Gasteiger partial charge < -0.3 is 16.4 Å². The molecule has 0 aliphatic carbocycles. The van der Waals surface area contributed by atoms with Crippen LogP contribution in [-0.4, -0.2) is 29.9 Å². The first-order valence-corrected chi connectivity index (χ1v) is 9.15. The minimum Gasteiger partial charge on any atom is -0.366 e. The third-order valence-corrected chi connectivity index (χ3v) is 4.81. The summed E-state index contributed by atoms with van der Waals surface area (Å²) in [5, 5.41) is 7.67. The van der Waals surface area contributed by atoms with Crippen LogP contribution in [0, 0.1) is 13.8 Å². The van der Waals surface area contributed by atoms with Crippen LogP contribution >= 0.6 is 11.3 Å². The summed E-state index contributed by atoms with van der Waals surface area (Å²) < 4.78 is 0. The predicted molar refractivity (Wildman–Crippen MR) is 103 cm³/mol. The van der Waals surface area contributed by atoms with Crippen molar-refractivity contribution in [2.75, 3.05) is 13.1 Å². The summed E-state index contributed by atoms with van der Waals surface area (Å²) in [6, 6.07) is 7.23. The second kappa shape index (κ2) is 9.17. The number of aromatic nitrogens is 1. The highest BCUT2D eigenvalue weighted by molar-refractivity contribution is 7.11. The summed E-state index contributed by atoms with van der Waals surface area (Å²) in [7, 11) is 0. The average molecular weight is 359 g/mol. The van der Waals surface area contributed by atoms with E-state index < -0.39 is 5.91 Å². The van der Waals surface area contributed by atoms with Gasteiger partial charge in [-0.3, -0.25) is 4.79 Å². The largest absolute Gasteiger partial charge is 0.366 e. The van der Waals surface area contributed by atoms with E-state index in [-0.39, 0.29) is 0 Å². The smallest absolute Gasteiger partial charge is 0.248 e. The van der Waals surface area contributed by atoms with E-state index in [4.69, 9.17) is 5.73 Å². The van der Waals surface area contributed by atoms with Crippen LogP contribution in [0.1, 0.15) is 38.4 Å². The number of aryl methyl sites for hydroxylation is 2. The van der Waals surface area contributed by atoms with Crippen molar-refractivity contribution < 1.29 is 4.79 Å². The minimum atomic E-state index is -0.426. The summed E-state index contributed by atoms with van der Waals surface area (Å²) in [6.45, 7) is 8.18. The molecule has 1 heterocycles. The number of benzene rings is 1. The van der Waals surface area contributed by atoms with Crippen molar-refractivity contribution in [3.63, 3.8) is 0 Å². The second-order valence-electron chi connectivity index (χ2n) is 5.69. The third kappa shape index (κ3) is 5.86. The Hall–Kier alpha value is -2.41. The molecule has 0 radical (unpaired) electrons. The first kappa shape index (κ1) is 18.9. The fourth-order valence-electron chi connectivity index (χ4n) is 2.27. The van der Waals surface area contributed by atoms with Crippen molar-refractivity contribution >= 4 is 23.2 Å². The van der Waals surface area contributed by atoms with Gasteiger partial charge in [0.1, 0.15) is 0 Å². The van der Waals surface area contributed by atoms with Gasteiger partial charge in [-0.15, -0.1) is 11.3 Å². The normalized spacial score (nSPS) is 11.4. The van der Waals surface area contributed by atoms with Crippen molar-refractivity contribution in [3.05, 3.63) is 51.0 Å². The van der Waals surface area contributed by atoms with Crippen molar-refractivity contribution in [1.29, 1.82) is 0 Å². The maximum absolute atomic E-state index is 11.3. The quantitative estimate of drug-likeness (QED) is 0.522. The van der Waals surface area contributed by atoms with Gasteiger partial charge in [0.25, 0.3) is 0 Å². The van der Waals surface area contributed by atoms with Gasteiger partial charge in [-0.2, -0.15) is 0 Å². The van der Waals surface area contributed by atoms with Gasteiger partial charge in [-0.25, -0.2) is 9.98 Å². The molecule has 0 saturated heterocycles. The van der Waals surface area contributed by atoms with Gasteiger partial charge in [-0.05, 0) is 38.5 Å². The Morgan fingerprint density at radius 3 is 2.76 bits per heavy atom. The summed E-state index contributed by atoms with van der Waals surface area (Å²) in [5.41, 5.74) is 7.87. The van der Waals surface area contributed by atoms with Crippen molar-refractivity contribution in [2.45, 2.75) is 33.7 Å². The Morgan fingerprint density at radius 2 is 2.12 bits per heavy atom. The van der Waals surface area contributed by atoms with Crippen LogP contribution in [0.3, 0.4) is 0 Å². The zero-order valence-corrected chi connectivity index (χ0v) is 15.7. The highest BCUT2D eigenvalue weighted by Crippen LogP contribution is 2.16. The Bertz CT molecular complexity index is 734. The molecular formula is C18H25N5OS. The van der Waals surface area contributed by atoms with Crippen molar-refractivity contribution in [3.8, 4) is 0 Å². The summed E-state index contributed by atoms with van der Waals surface area (Å²) in [5.74, 6) is 0.321. The Kier molecular flexibility index (Phi) is 6.94. The van der Waals surface area contributed by atoms with Crippen molar-refractivity contribution in [2.24, 2.45) is 10.7 Å². The zero-order valence-electron chi connectivity index (χ0n) is 14.9. The standard InChI is InChI=1S/C18H25N5OS/c1-4-20-18(21-9-8-16-23-12(2)13(3)25-16)22-11-14-6-5-7-15(10-14)17(19)24/h5-7,10H,4,8-9,11H2,1-3H3,(H2,19,24)(H2,20,21,22). The first-order valence-electron chi connectivity index (χ1n) is 8.33. The van der Waals surface area contributed by atoms with Crippen LogP contribution in [0.2, 0.25) is 0 Å². The Labute approximate surface area is 152 Å². The highest BCUT2D eigenvalue weighted by Gasteiger charge is 2.05. The van der Waals surface area contributed by atoms with Gasteiger partial charge in [0.2, 0.25) is 5.91 Å². The molecule has 0 bridgehead atoms. The monoisotopic (exact) mass is 359 g/mol. The molecular weight excluding hydrogens is 334 g/mol. The lowest BCUT2D eigenvalue weighted by Gasteiger charge is -2.10. The third-order valence-electron chi connectivity index (χ3n) is 3.68. The Morgan fingerprint density at radius 1 is 1.32 bits per heavy atom. The van der Waals surface area contributed by atoms with E-state index >= 15 is 0 Å². The minimum absolute atomic E-state index is 0.426. The molecule has 0 aliphatic rings.